The summed E-state index contributed by atoms with van der Waals surface area (Å²) >= 11 is 0. The molecule has 0 radical (unpaired) electrons. The van der Waals surface area contributed by atoms with Gasteiger partial charge in [-0.1, -0.05) is 109 Å². The SMILES string of the molecule is COCCC[C@@H](C)C(C)C1(C)CCC2[C@@H](CC[C@@H]3C[C@H](OCc4cccc(C#Cc5ccc6c7ccc(C#Cc8cccc(CO[C@@H]9CCC%10(C)C%11CCC%12(C)C([C@H](C)CCC(=O)OC)CC[C@H]%12[C@@H]%11CC[C@@H]%10C9)c8)cc7n(CCNC(=O)OC(C)(C)C)c6c5)c4)CCC23C)C1. The molecular formula is C86H116N2O7. The molecule has 9 heteroatoms. The largest absolute Gasteiger partial charge is 0.469 e. The first kappa shape index (κ1) is 69.3. The van der Waals surface area contributed by atoms with Gasteiger partial charge in [0.05, 0.1) is 43.6 Å². The fraction of sp³-hybridized carbons (Fsp3) is 0.651. The summed E-state index contributed by atoms with van der Waals surface area (Å²) in [5, 5.41) is 5.27. The van der Waals surface area contributed by atoms with Crippen molar-refractivity contribution in [3.8, 4) is 23.7 Å². The highest BCUT2D eigenvalue weighted by molar-refractivity contribution is 6.08. The van der Waals surface area contributed by atoms with Crippen LogP contribution in [0.15, 0.2) is 84.9 Å². The lowest BCUT2D eigenvalue weighted by molar-refractivity contribution is -0.142. The molecule has 7 saturated carbocycles. The van der Waals surface area contributed by atoms with Gasteiger partial charge in [-0.15, -0.1) is 0 Å². The van der Waals surface area contributed by atoms with Crippen molar-refractivity contribution in [1.82, 2.24) is 9.88 Å². The normalized spacial score (nSPS) is 32.0. The van der Waals surface area contributed by atoms with Gasteiger partial charge in [0, 0.05) is 66.3 Å². The van der Waals surface area contributed by atoms with Crippen molar-refractivity contribution in [2.24, 2.45) is 86.8 Å². The monoisotopic (exact) mass is 1290 g/mol. The molecule has 1 N–H and O–H groups in total. The number of fused-ring (bicyclic) bond motifs is 11. The quantitative estimate of drug-likeness (QED) is 0.0500. The molecule has 1 amide bonds. The standard InChI is InChI=1S/C86H116N2O7/c1-57(16-15-47-91-11)59(3)83(7)41-39-75-66(54-83)28-29-67-52-69(37-42-84(67,75)8)93-55-64-19-13-17-60(48-64)22-24-62-26-31-71-72-32-27-63(51-79(72)88(78(71)50-62)46-45-87-81(90)95-82(4,5)6)25-23-61-18-14-20-65(49-61)56-94-70-38-43-85(9)68(53-70)30-33-73-76-35-34-74(58(2)21-36-80(89)92-12)86(76,10)44-40-77(73)85/h13-14,17-20,26-27,31-32,48-51,57-59,66-70,73-77H,15-16,21,28-30,33-47,52-56H2,1-12H3,(H,87,90)/t57-,58-,59?,66+,67-,68-,69-,70-,73+,74?,75?,76+,77?,83?,84?,85?,86?/m1/s1. The van der Waals surface area contributed by atoms with Crippen LogP contribution in [-0.2, 0) is 48.2 Å². The summed E-state index contributed by atoms with van der Waals surface area (Å²) < 4.78 is 32.0. The Morgan fingerprint density at radius 1 is 0.621 bits per heavy atom. The summed E-state index contributed by atoms with van der Waals surface area (Å²) in [4.78, 5) is 25.0. The molecule has 7 aliphatic carbocycles. The minimum Gasteiger partial charge on any atom is -0.469 e. The summed E-state index contributed by atoms with van der Waals surface area (Å²) in [5.41, 5.74) is 9.33. The highest BCUT2D eigenvalue weighted by Crippen LogP contribution is 2.69. The number of amides is 1. The highest BCUT2D eigenvalue weighted by atomic mass is 16.6. The molecule has 95 heavy (non-hydrogen) atoms. The molecule has 1 heterocycles. The van der Waals surface area contributed by atoms with Crippen LogP contribution in [0.4, 0.5) is 4.79 Å². The lowest BCUT2D eigenvalue weighted by Gasteiger charge is -2.61. The van der Waals surface area contributed by atoms with Crippen molar-refractivity contribution < 1.29 is 33.3 Å². The van der Waals surface area contributed by atoms with Gasteiger partial charge in [-0.2, -0.15) is 0 Å². The zero-order valence-corrected chi connectivity index (χ0v) is 60.3. The maximum atomic E-state index is 12.9. The molecule has 512 valence electrons. The Kier molecular flexibility index (Phi) is 21.2. The fourth-order valence-electron chi connectivity index (χ4n) is 21.8. The number of alkyl carbamates (subject to hydrolysis) is 1. The number of carbonyl (C=O) groups excluding carboxylic acids is 2. The molecule has 0 saturated heterocycles. The molecule has 0 aliphatic heterocycles. The highest BCUT2D eigenvalue weighted by Gasteiger charge is 2.61. The summed E-state index contributed by atoms with van der Waals surface area (Å²) in [6.45, 7) is 26.7. The van der Waals surface area contributed by atoms with E-state index in [9.17, 15) is 9.59 Å². The third-order valence-electron chi connectivity index (χ3n) is 27.3. The zero-order chi connectivity index (χ0) is 66.9. The zero-order valence-electron chi connectivity index (χ0n) is 60.3. The van der Waals surface area contributed by atoms with Crippen LogP contribution in [0.2, 0.25) is 0 Å². The topological polar surface area (TPSA) is 97.3 Å². The first-order chi connectivity index (χ1) is 45.6. The van der Waals surface area contributed by atoms with Crippen LogP contribution in [0.3, 0.4) is 0 Å². The van der Waals surface area contributed by atoms with Crippen molar-refractivity contribution >= 4 is 33.9 Å². The van der Waals surface area contributed by atoms with Gasteiger partial charge in [-0.05, 0) is 296 Å². The second-order valence-electron chi connectivity index (χ2n) is 33.8. The molecule has 7 aliphatic rings. The van der Waals surface area contributed by atoms with Crippen molar-refractivity contribution in [1.29, 1.82) is 0 Å². The van der Waals surface area contributed by atoms with Crippen LogP contribution in [0.1, 0.15) is 237 Å². The number of hydrogen-bond acceptors (Lipinski definition) is 7. The number of rotatable bonds is 19. The lowest BCUT2D eigenvalue weighted by Crippen LogP contribution is -2.54. The summed E-state index contributed by atoms with van der Waals surface area (Å²) in [6.07, 6.45) is 26.3. The van der Waals surface area contributed by atoms with Gasteiger partial charge in [0.15, 0.2) is 0 Å². The number of esters is 1. The van der Waals surface area contributed by atoms with E-state index in [1.165, 1.54) is 122 Å². The first-order valence-corrected chi connectivity index (χ1v) is 37.6. The minimum absolute atomic E-state index is 0.0671. The van der Waals surface area contributed by atoms with E-state index in [1.807, 2.05) is 27.9 Å². The number of nitrogens with zero attached hydrogens (tertiary/aromatic N) is 1. The summed E-state index contributed by atoms with van der Waals surface area (Å²) in [6, 6.07) is 30.2. The van der Waals surface area contributed by atoms with Crippen molar-refractivity contribution in [2.75, 3.05) is 27.4 Å². The van der Waals surface area contributed by atoms with Gasteiger partial charge in [-0.3, -0.25) is 4.79 Å². The third-order valence-corrected chi connectivity index (χ3v) is 27.3. The average Bonchev–Trinajstić information content (AvgIpc) is 1.71. The predicted molar refractivity (Wildman–Crippen MR) is 384 cm³/mol. The van der Waals surface area contributed by atoms with E-state index in [0.717, 1.165) is 129 Å². The van der Waals surface area contributed by atoms with E-state index in [2.05, 4.69) is 167 Å². The van der Waals surface area contributed by atoms with E-state index in [4.69, 9.17) is 23.7 Å². The van der Waals surface area contributed by atoms with Gasteiger partial charge in [0.2, 0.25) is 0 Å². The number of carbonyl (C=O) groups is 2. The minimum atomic E-state index is -0.594. The maximum absolute atomic E-state index is 12.9. The Morgan fingerprint density at radius 3 is 1.77 bits per heavy atom. The van der Waals surface area contributed by atoms with Gasteiger partial charge in [-0.25, -0.2) is 4.79 Å². The molecule has 0 bridgehead atoms. The van der Waals surface area contributed by atoms with Crippen LogP contribution < -0.4 is 5.32 Å². The molecular weight excluding hydrogens is 1170 g/mol. The van der Waals surface area contributed by atoms with E-state index in [0.29, 0.717) is 72.3 Å². The molecule has 1 aromatic heterocycles. The summed E-state index contributed by atoms with van der Waals surface area (Å²) in [5.74, 6) is 22.4. The molecule has 12 rings (SSSR count). The van der Waals surface area contributed by atoms with Gasteiger partial charge in [0.1, 0.15) is 5.60 Å². The number of aromatic nitrogens is 1. The van der Waals surface area contributed by atoms with Gasteiger partial charge < -0.3 is 33.6 Å². The lowest BCUT2D eigenvalue weighted by atomic mass is 9.44. The average molecular weight is 1290 g/mol. The smallest absolute Gasteiger partial charge is 0.407 e. The van der Waals surface area contributed by atoms with Crippen molar-refractivity contribution in [2.45, 2.75) is 242 Å². The fourth-order valence-corrected chi connectivity index (χ4v) is 21.8. The summed E-state index contributed by atoms with van der Waals surface area (Å²) in [7, 11) is 3.35. The van der Waals surface area contributed by atoms with Crippen LogP contribution in [0, 0.1) is 110 Å². The molecule has 8 unspecified atom stereocenters. The molecule has 9 nitrogen and oxygen atoms in total. The first-order valence-electron chi connectivity index (χ1n) is 37.6. The molecule has 17 atom stereocenters. The molecule has 0 spiro atoms. The maximum Gasteiger partial charge on any atom is 0.407 e. The van der Waals surface area contributed by atoms with Gasteiger partial charge >= 0.3 is 12.1 Å². The molecule has 7 fully saturated rings. The van der Waals surface area contributed by atoms with E-state index in [-0.39, 0.29) is 12.1 Å². The van der Waals surface area contributed by atoms with Crippen molar-refractivity contribution in [3.05, 3.63) is 118 Å². The number of ether oxygens (including phenoxy) is 5. The molecule has 4 aromatic carbocycles. The van der Waals surface area contributed by atoms with Crippen LogP contribution in [0.25, 0.3) is 21.8 Å². The van der Waals surface area contributed by atoms with Crippen LogP contribution in [-0.4, -0.2) is 61.8 Å². The predicted octanol–water partition coefficient (Wildman–Crippen LogP) is 19.9. The van der Waals surface area contributed by atoms with Gasteiger partial charge in [0.25, 0.3) is 0 Å². The second-order valence-corrected chi connectivity index (χ2v) is 33.8. The number of hydrogen-bond donors (Lipinski definition) is 1. The van der Waals surface area contributed by atoms with E-state index in [1.54, 1.807) is 0 Å². The van der Waals surface area contributed by atoms with Crippen molar-refractivity contribution in [3.63, 3.8) is 0 Å². The number of benzene rings is 4. The second kappa shape index (κ2) is 29.1. The van der Waals surface area contributed by atoms with E-state index < -0.39 is 11.7 Å². The molecule has 5 aromatic rings. The van der Waals surface area contributed by atoms with Crippen LogP contribution >= 0.6 is 0 Å². The Balaban J connectivity index is 0.672. The Morgan fingerprint density at radius 2 is 1.18 bits per heavy atom. The van der Waals surface area contributed by atoms with E-state index >= 15 is 0 Å². The number of nitrogens with one attached hydrogen (secondary N) is 1. The third kappa shape index (κ3) is 15.1. The Hall–Kier alpha value is -5.58. The Bertz CT molecular complexity index is 3650. The number of methoxy groups -OCH3 is 2. The van der Waals surface area contributed by atoms with Crippen LogP contribution in [0.5, 0.6) is 0 Å². The Labute approximate surface area is 571 Å².